The Morgan fingerprint density at radius 2 is 2.08 bits per heavy atom. The van der Waals surface area contributed by atoms with Crippen LogP contribution in [0.5, 0.6) is 0 Å². The Hall–Kier alpha value is -3.10. The summed E-state index contributed by atoms with van der Waals surface area (Å²) in [7, 11) is 1.70. The number of halogens is 1. The van der Waals surface area contributed by atoms with Crippen LogP contribution in [0.3, 0.4) is 0 Å². The highest BCUT2D eigenvalue weighted by Crippen LogP contribution is 2.15. The van der Waals surface area contributed by atoms with Crippen molar-refractivity contribution in [2.24, 2.45) is 0 Å². The molecule has 0 fully saturated rings. The summed E-state index contributed by atoms with van der Waals surface area (Å²) in [6.07, 6.45) is 0. The van der Waals surface area contributed by atoms with Gasteiger partial charge < -0.3 is 4.90 Å². The Morgan fingerprint density at radius 3 is 2.72 bits per heavy atom. The molecule has 130 valence electrons. The normalized spacial score (nSPS) is 12.2. The number of tetrazole rings is 1. The van der Waals surface area contributed by atoms with Gasteiger partial charge in [-0.25, -0.2) is 9.07 Å². The van der Waals surface area contributed by atoms with Gasteiger partial charge in [0.15, 0.2) is 11.5 Å². The van der Waals surface area contributed by atoms with E-state index in [1.807, 2.05) is 13.8 Å². The number of hydrogen-bond donors (Lipinski definition) is 1. The fourth-order valence-electron chi connectivity index (χ4n) is 2.57. The number of nitrogens with zero attached hydrogens (tertiary/aromatic N) is 6. The minimum absolute atomic E-state index is 0.0621. The molecule has 1 atom stereocenters. The molecule has 2 aromatic heterocycles. The van der Waals surface area contributed by atoms with Gasteiger partial charge in [-0.3, -0.25) is 4.79 Å². The maximum absolute atomic E-state index is 13.1. The summed E-state index contributed by atoms with van der Waals surface area (Å²) < 4.78 is 14.7. The predicted molar refractivity (Wildman–Crippen MR) is 87.8 cm³/mol. The first-order chi connectivity index (χ1) is 12.0. The molecule has 0 bridgehead atoms. The Labute approximate surface area is 143 Å². The second kappa shape index (κ2) is 6.80. The predicted octanol–water partition coefficient (Wildman–Crippen LogP) is 1.71. The number of carbonyl (C=O) groups is 1. The van der Waals surface area contributed by atoms with Gasteiger partial charge in [0.25, 0.3) is 5.91 Å². The van der Waals surface area contributed by atoms with E-state index in [1.54, 1.807) is 34.8 Å². The Bertz CT molecular complexity index is 857. The monoisotopic (exact) mass is 343 g/mol. The van der Waals surface area contributed by atoms with Crippen LogP contribution >= 0.6 is 0 Å². The highest BCUT2D eigenvalue weighted by atomic mass is 19.1. The van der Waals surface area contributed by atoms with Crippen molar-refractivity contribution < 1.29 is 9.18 Å². The lowest BCUT2D eigenvalue weighted by Gasteiger charge is -2.18. The van der Waals surface area contributed by atoms with Crippen LogP contribution < -0.4 is 0 Å². The summed E-state index contributed by atoms with van der Waals surface area (Å²) in [5, 5.41) is 18.1. The van der Waals surface area contributed by atoms with Crippen LogP contribution in [-0.2, 0) is 0 Å². The molecule has 0 aliphatic rings. The molecule has 3 rings (SSSR count). The van der Waals surface area contributed by atoms with Gasteiger partial charge in [0.2, 0.25) is 0 Å². The van der Waals surface area contributed by atoms with Crippen molar-refractivity contribution >= 4 is 5.91 Å². The summed E-state index contributed by atoms with van der Waals surface area (Å²) in [5.74, 6) is -0.0417. The van der Waals surface area contributed by atoms with E-state index in [-0.39, 0.29) is 17.6 Å². The number of amides is 1. The second-order valence-corrected chi connectivity index (χ2v) is 5.92. The van der Waals surface area contributed by atoms with Crippen LogP contribution in [0.4, 0.5) is 4.39 Å². The average Bonchev–Trinajstić information content (AvgIpc) is 3.24. The van der Waals surface area contributed by atoms with E-state index < -0.39 is 0 Å². The van der Waals surface area contributed by atoms with Crippen LogP contribution in [0.2, 0.25) is 0 Å². The maximum Gasteiger partial charge on any atom is 0.274 e. The molecule has 0 saturated heterocycles. The van der Waals surface area contributed by atoms with Gasteiger partial charge >= 0.3 is 0 Å². The minimum atomic E-state index is -0.319. The van der Waals surface area contributed by atoms with Crippen LogP contribution in [0.15, 0.2) is 30.3 Å². The minimum Gasteiger partial charge on any atom is -0.340 e. The van der Waals surface area contributed by atoms with E-state index in [4.69, 9.17) is 0 Å². The van der Waals surface area contributed by atoms with E-state index >= 15 is 0 Å². The zero-order valence-corrected chi connectivity index (χ0v) is 14.1. The molecule has 2 heterocycles. The molecule has 0 saturated carbocycles. The molecule has 8 nitrogen and oxygen atoms in total. The van der Waals surface area contributed by atoms with Gasteiger partial charge in [-0.05, 0) is 37.3 Å². The number of rotatable bonds is 5. The maximum atomic E-state index is 13.1. The third-order valence-corrected chi connectivity index (χ3v) is 3.87. The van der Waals surface area contributed by atoms with Crippen molar-refractivity contribution in [1.29, 1.82) is 0 Å². The standard InChI is InChI=1S/C16H18FN7O/c1-10(15-18-21-22-19-15)9-23(3)16(25)14-8-11(2)24(20-14)13-6-4-12(17)5-7-13/h4-8,10H,9H2,1-3H3,(H,18,19,21,22)/t10-/m1/s1. The lowest BCUT2D eigenvalue weighted by molar-refractivity contribution is 0.0781. The molecule has 0 unspecified atom stereocenters. The van der Waals surface area contributed by atoms with E-state index in [9.17, 15) is 9.18 Å². The van der Waals surface area contributed by atoms with Crippen molar-refractivity contribution in [2.75, 3.05) is 13.6 Å². The van der Waals surface area contributed by atoms with Crippen molar-refractivity contribution in [2.45, 2.75) is 19.8 Å². The van der Waals surface area contributed by atoms with E-state index in [0.717, 1.165) is 5.69 Å². The van der Waals surface area contributed by atoms with Gasteiger partial charge in [0.1, 0.15) is 5.82 Å². The Morgan fingerprint density at radius 1 is 1.36 bits per heavy atom. The van der Waals surface area contributed by atoms with Crippen molar-refractivity contribution in [3.63, 3.8) is 0 Å². The van der Waals surface area contributed by atoms with Crippen LogP contribution in [0.25, 0.3) is 5.69 Å². The van der Waals surface area contributed by atoms with Crippen LogP contribution in [-0.4, -0.2) is 54.8 Å². The summed E-state index contributed by atoms with van der Waals surface area (Å²) in [6, 6.07) is 7.66. The smallest absolute Gasteiger partial charge is 0.274 e. The summed E-state index contributed by atoms with van der Waals surface area (Å²) >= 11 is 0. The molecular weight excluding hydrogens is 325 g/mol. The number of aryl methyl sites for hydroxylation is 1. The van der Waals surface area contributed by atoms with Gasteiger partial charge in [0.05, 0.1) is 5.69 Å². The van der Waals surface area contributed by atoms with E-state index in [2.05, 4.69) is 25.7 Å². The molecule has 25 heavy (non-hydrogen) atoms. The highest BCUT2D eigenvalue weighted by Gasteiger charge is 2.21. The number of hydrogen-bond acceptors (Lipinski definition) is 5. The summed E-state index contributed by atoms with van der Waals surface area (Å²) in [5.41, 5.74) is 1.81. The van der Waals surface area contributed by atoms with E-state index in [1.165, 1.54) is 12.1 Å². The van der Waals surface area contributed by atoms with Gasteiger partial charge in [-0.15, -0.1) is 10.2 Å². The quantitative estimate of drug-likeness (QED) is 0.761. The number of carbonyl (C=O) groups excluding carboxylic acids is 1. The van der Waals surface area contributed by atoms with Crippen LogP contribution in [0.1, 0.15) is 34.8 Å². The lowest BCUT2D eigenvalue weighted by atomic mass is 10.1. The lowest BCUT2D eigenvalue weighted by Crippen LogP contribution is -2.31. The zero-order valence-electron chi connectivity index (χ0n) is 14.1. The van der Waals surface area contributed by atoms with Gasteiger partial charge in [-0.1, -0.05) is 12.1 Å². The number of nitrogens with one attached hydrogen (secondary N) is 1. The van der Waals surface area contributed by atoms with Crippen molar-refractivity contribution in [3.8, 4) is 5.69 Å². The molecule has 0 aliphatic heterocycles. The fraction of sp³-hybridized carbons (Fsp3) is 0.312. The first kappa shape index (κ1) is 16.7. The summed E-state index contributed by atoms with van der Waals surface area (Å²) in [6.45, 7) is 4.19. The number of benzene rings is 1. The fourth-order valence-corrected chi connectivity index (χ4v) is 2.57. The average molecular weight is 343 g/mol. The largest absolute Gasteiger partial charge is 0.340 e. The molecule has 0 aliphatic carbocycles. The molecule has 1 N–H and O–H groups in total. The molecule has 0 radical (unpaired) electrons. The first-order valence-electron chi connectivity index (χ1n) is 7.77. The molecule has 3 aromatic rings. The van der Waals surface area contributed by atoms with Gasteiger partial charge in [-0.2, -0.15) is 10.3 Å². The van der Waals surface area contributed by atoms with Crippen molar-refractivity contribution in [1.82, 2.24) is 35.3 Å². The number of likely N-dealkylation sites (N-methyl/N-ethyl adjacent to an activating group) is 1. The summed E-state index contributed by atoms with van der Waals surface area (Å²) in [4.78, 5) is 14.2. The topological polar surface area (TPSA) is 92.6 Å². The zero-order chi connectivity index (χ0) is 18.0. The number of H-pyrrole nitrogens is 1. The molecule has 9 heteroatoms. The third kappa shape index (κ3) is 3.54. The third-order valence-electron chi connectivity index (χ3n) is 3.87. The number of aromatic amines is 1. The van der Waals surface area contributed by atoms with Crippen molar-refractivity contribution in [3.05, 3.63) is 53.4 Å². The Balaban J connectivity index is 1.76. The highest BCUT2D eigenvalue weighted by molar-refractivity contribution is 5.92. The second-order valence-electron chi connectivity index (χ2n) is 5.92. The van der Waals surface area contributed by atoms with Gasteiger partial charge in [0, 0.05) is 25.2 Å². The first-order valence-corrected chi connectivity index (χ1v) is 7.77. The SMILES string of the molecule is Cc1cc(C(=O)N(C)C[C@@H](C)c2nn[nH]n2)nn1-c1ccc(F)cc1. The molecule has 0 spiro atoms. The Kier molecular flexibility index (Phi) is 4.55. The number of aromatic nitrogens is 6. The molecule has 1 amide bonds. The van der Waals surface area contributed by atoms with E-state index in [0.29, 0.717) is 23.8 Å². The molecule has 1 aromatic carbocycles. The van der Waals surface area contributed by atoms with Crippen LogP contribution in [0, 0.1) is 12.7 Å². The molecular formula is C16H18FN7O.